The van der Waals surface area contributed by atoms with Crippen molar-refractivity contribution in [1.82, 2.24) is 4.98 Å². The van der Waals surface area contributed by atoms with Crippen LogP contribution in [0.15, 0.2) is 18.2 Å². The summed E-state index contributed by atoms with van der Waals surface area (Å²) in [6, 6.07) is 5.69. The Morgan fingerprint density at radius 3 is 3.13 bits per heavy atom. The molecule has 4 heteroatoms. The number of ether oxygens (including phenoxy) is 1. The van der Waals surface area contributed by atoms with Crippen molar-refractivity contribution in [2.24, 2.45) is 0 Å². The molecule has 0 fully saturated rings. The molecule has 76 valence electrons. The average molecular weight is 219 g/mol. The van der Waals surface area contributed by atoms with Crippen LogP contribution in [0.4, 0.5) is 0 Å². The minimum absolute atomic E-state index is 0.140. The Hall–Kier alpha value is -1.57. The number of rotatable bonds is 1. The van der Waals surface area contributed by atoms with E-state index < -0.39 is 0 Å². The van der Waals surface area contributed by atoms with Gasteiger partial charge in [-0.1, -0.05) is 5.92 Å². The number of nitrogens with zero attached hydrogens (tertiary/aromatic N) is 1. The normalized spacial score (nSPS) is 9.73. The fourth-order valence-corrected chi connectivity index (χ4v) is 2.07. The van der Waals surface area contributed by atoms with Crippen molar-refractivity contribution in [3.63, 3.8) is 0 Å². The lowest BCUT2D eigenvalue weighted by molar-refractivity contribution is 0.350. The minimum atomic E-state index is -0.140. The van der Waals surface area contributed by atoms with Crippen molar-refractivity contribution in [2.45, 2.75) is 0 Å². The first-order valence-corrected chi connectivity index (χ1v) is 5.19. The van der Waals surface area contributed by atoms with Gasteiger partial charge in [-0.15, -0.1) is 11.3 Å². The van der Waals surface area contributed by atoms with E-state index >= 15 is 0 Å². The zero-order valence-electron chi connectivity index (χ0n) is 8.15. The molecule has 0 bridgehead atoms. The summed E-state index contributed by atoms with van der Waals surface area (Å²) in [5.41, 5.74) is 0.906. The maximum absolute atomic E-state index is 8.57. The number of hydrogen-bond acceptors (Lipinski definition) is 4. The largest absolute Gasteiger partial charge is 0.497 e. The van der Waals surface area contributed by atoms with E-state index in [2.05, 4.69) is 16.8 Å². The van der Waals surface area contributed by atoms with Crippen molar-refractivity contribution in [3.8, 4) is 17.6 Å². The van der Waals surface area contributed by atoms with E-state index in [1.54, 1.807) is 7.11 Å². The third-order valence-electron chi connectivity index (χ3n) is 1.87. The van der Waals surface area contributed by atoms with Gasteiger partial charge in [-0.3, -0.25) is 0 Å². The number of aliphatic hydroxyl groups excluding tert-OH is 1. The first-order valence-electron chi connectivity index (χ1n) is 4.38. The molecule has 0 aliphatic heterocycles. The van der Waals surface area contributed by atoms with Crippen molar-refractivity contribution >= 4 is 21.6 Å². The van der Waals surface area contributed by atoms with E-state index in [0.717, 1.165) is 16.0 Å². The predicted molar refractivity (Wildman–Crippen MR) is 60.1 cm³/mol. The Morgan fingerprint density at radius 2 is 2.40 bits per heavy atom. The number of benzene rings is 1. The van der Waals surface area contributed by atoms with E-state index in [9.17, 15) is 0 Å². The number of aliphatic hydroxyl groups is 1. The van der Waals surface area contributed by atoms with Crippen molar-refractivity contribution in [3.05, 3.63) is 23.2 Å². The lowest BCUT2D eigenvalue weighted by Crippen LogP contribution is -1.80. The van der Waals surface area contributed by atoms with Crippen LogP contribution in [0, 0.1) is 11.8 Å². The highest BCUT2D eigenvalue weighted by molar-refractivity contribution is 7.19. The highest BCUT2D eigenvalue weighted by Crippen LogP contribution is 2.25. The smallest absolute Gasteiger partial charge is 0.168 e. The summed E-state index contributed by atoms with van der Waals surface area (Å²) in [4.78, 5) is 4.30. The van der Waals surface area contributed by atoms with Crippen LogP contribution in [-0.2, 0) is 0 Å². The van der Waals surface area contributed by atoms with Gasteiger partial charge < -0.3 is 9.84 Å². The molecular formula is C11H9NO2S. The third-order valence-corrected chi connectivity index (χ3v) is 2.80. The Bertz CT molecular complexity index is 536. The van der Waals surface area contributed by atoms with E-state index in [1.807, 2.05) is 18.2 Å². The second-order valence-electron chi connectivity index (χ2n) is 2.81. The second-order valence-corrected chi connectivity index (χ2v) is 3.84. The van der Waals surface area contributed by atoms with Gasteiger partial charge in [0.15, 0.2) is 5.01 Å². The van der Waals surface area contributed by atoms with Crippen LogP contribution in [0.2, 0.25) is 0 Å². The number of aromatic nitrogens is 1. The van der Waals surface area contributed by atoms with Crippen LogP contribution in [0.3, 0.4) is 0 Å². The number of hydrogen-bond donors (Lipinski definition) is 1. The summed E-state index contributed by atoms with van der Waals surface area (Å²) in [6.07, 6.45) is 0. The molecule has 3 nitrogen and oxygen atoms in total. The van der Waals surface area contributed by atoms with Gasteiger partial charge in [0.25, 0.3) is 0 Å². The Kier molecular flexibility index (Phi) is 2.86. The quantitative estimate of drug-likeness (QED) is 0.741. The van der Waals surface area contributed by atoms with Gasteiger partial charge in [0.2, 0.25) is 0 Å². The number of thiazole rings is 1. The summed E-state index contributed by atoms with van der Waals surface area (Å²) in [5, 5.41) is 9.28. The Labute approximate surface area is 91.3 Å². The summed E-state index contributed by atoms with van der Waals surface area (Å²) in [7, 11) is 1.63. The molecule has 2 rings (SSSR count). The minimum Gasteiger partial charge on any atom is -0.497 e. The van der Waals surface area contributed by atoms with Gasteiger partial charge in [-0.05, 0) is 24.1 Å². The molecule has 0 radical (unpaired) electrons. The SMILES string of the molecule is COc1ccc2nc(C#CCO)sc2c1. The molecule has 0 saturated carbocycles. The van der Waals surface area contributed by atoms with Gasteiger partial charge in [0, 0.05) is 0 Å². The zero-order valence-corrected chi connectivity index (χ0v) is 8.97. The lowest BCUT2D eigenvalue weighted by atomic mass is 10.3. The van der Waals surface area contributed by atoms with Gasteiger partial charge in [0.05, 0.1) is 17.3 Å². The highest BCUT2D eigenvalue weighted by atomic mass is 32.1. The lowest BCUT2D eigenvalue weighted by Gasteiger charge is -1.96. The van der Waals surface area contributed by atoms with E-state index in [4.69, 9.17) is 9.84 Å². The summed E-state index contributed by atoms with van der Waals surface area (Å²) < 4.78 is 6.15. The molecule has 1 heterocycles. The molecule has 15 heavy (non-hydrogen) atoms. The van der Waals surface area contributed by atoms with Crippen LogP contribution in [-0.4, -0.2) is 23.8 Å². The molecule has 0 aliphatic carbocycles. The van der Waals surface area contributed by atoms with Crippen LogP contribution in [0.5, 0.6) is 5.75 Å². The summed E-state index contributed by atoms with van der Waals surface area (Å²) >= 11 is 1.49. The Balaban J connectivity index is 2.46. The fraction of sp³-hybridized carbons (Fsp3) is 0.182. The van der Waals surface area contributed by atoms with Gasteiger partial charge in [-0.25, -0.2) is 4.98 Å². The molecule has 0 spiro atoms. The van der Waals surface area contributed by atoms with E-state index in [1.165, 1.54) is 11.3 Å². The molecule has 0 atom stereocenters. The second kappa shape index (κ2) is 4.30. The Morgan fingerprint density at radius 1 is 1.53 bits per heavy atom. The predicted octanol–water partition coefficient (Wildman–Crippen LogP) is 1.65. The summed E-state index contributed by atoms with van der Waals surface area (Å²) in [6.45, 7) is -0.140. The van der Waals surface area contributed by atoms with Crippen LogP contribution < -0.4 is 4.74 Å². The standard InChI is InChI=1S/C11H9NO2S/c1-14-8-4-5-9-10(7-8)15-11(12-9)3-2-6-13/h4-5,7,13H,6H2,1H3. The maximum Gasteiger partial charge on any atom is 0.168 e. The number of methoxy groups -OCH3 is 1. The van der Waals surface area contributed by atoms with Crippen molar-refractivity contribution in [1.29, 1.82) is 0 Å². The van der Waals surface area contributed by atoms with Gasteiger partial charge in [0.1, 0.15) is 12.4 Å². The summed E-state index contributed by atoms with van der Waals surface area (Å²) in [5.74, 6) is 6.18. The molecule has 0 unspecified atom stereocenters. The van der Waals surface area contributed by atoms with Crippen molar-refractivity contribution < 1.29 is 9.84 Å². The van der Waals surface area contributed by atoms with E-state index in [-0.39, 0.29) is 6.61 Å². The molecular weight excluding hydrogens is 210 g/mol. The van der Waals surface area contributed by atoms with Crippen LogP contribution >= 0.6 is 11.3 Å². The molecule has 1 aromatic carbocycles. The molecule has 0 saturated heterocycles. The third kappa shape index (κ3) is 2.09. The number of fused-ring (bicyclic) bond motifs is 1. The van der Waals surface area contributed by atoms with Crippen LogP contribution in [0.1, 0.15) is 5.01 Å². The first-order chi connectivity index (χ1) is 7.33. The highest BCUT2D eigenvalue weighted by Gasteiger charge is 2.02. The molecule has 2 aromatic rings. The van der Waals surface area contributed by atoms with Gasteiger partial charge >= 0.3 is 0 Å². The fourth-order valence-electron chi connectivity index (χ4n) is 1.20. The topological polar surface area (TPSA) is 42.4 Å². The zero-order chi connectivity index (χ0) is 10.7. The van der Waals surface area contributed by atoms with Crippen LogP contribution in [0.25, 0.3) is 10.2 Å². The first kappa shape index (κ1) is 9.97. The molecule has 0 amide bonds. The van der Waals surface area contributed by atoms with E-state index in [0.29, 0.717) is 5.01 Å². The average Bonchev–Trinajstić information content (AvgIpc) is 2.67. The monoisotopic (exact) mass is 219 g/mol. The maximum atomic E-state index is 8.57. The molecule has 1 aromatic heterocycles. The molecule has 1 N–H and O–H groups in total. The molecule has 0 aliphatic rings. The van der Waals surface area contributed by atoms with Gasteiger partial charge in [-0.2, -0.15) is 0 Å². The van der Waals surface area contributed by atoms with Crippen molar-refractivity contribution in [2.75, 3.05) is 13.7 Å².